The molecule has 0 aliphatic heterocycles. The summed E-state index contributed by atoms with van der Waals surface area (Å²) in [6.07, 6.45) is 0. The maximum atomic E-state index is 10.9. The van der Waals surface area contributed by atoms with E-state index in [1.807, 2.05) is 43.3 Å². The molecular weight excluding hydrogens is 284 g/mol. The van der Waals surface area contributed by atoms with Crippen molar-refractivity contribution in [1.29, 1.82) is 0 Å². The zero-order valence-corrected chi connectivity index (χ0v) is 12.6. The fraction of sp³-hybridized carbons (Fsp3) is 0.200. The molecule has 0 saturated carbocycles. The SMILES string of the molecule is COc1cc(N=Nc2ccc(N(C)C)cc2)cc([N+](=O)[O-])c1. The minimum Gasteiger partial charge on any atom is -0.496 e. The number of hydrogen-bond donors (Lipinski definition) is 0. The number of nitrogens with zero attached hydrogens (tertiary/aromatic N) is 4. The van der Waals surface area contributed by atoms with Crippen molar-refractivity contribution in [3.63, 3.8) is 0 Å². The molecule has 22 heavy (non-hydrogen) atoms. The normalized spacial score (nSPS) is 10.7. The van der Waals surface area contributed by atoms with E-state index >= 15 is 0 Å². The quantitative estimate of drug-likeness (QED) is 0.473. The predicted molar refractivity (Wildman–Crippen MR) is 84.6 cm³/mol. The van der Waals surface area contributed by atoms with E-state index in [0.29, 0.717) is 17.1 Å². The minimum atomic E-state index is -0.493. The number of azo groups is 1. The van der Waals surface area contributed by atoms with Gasteiger partial charge in [0.05, 0.1) is 29.5 Å². The molecule has 0 radical (unpaired) electrons. The van der Waals surface area contributed by atoms with Crippen LogP contribution < -0.4 is 9.64 Å². The van der Waals surface area contributed by atoms with Gasteiger partial charge in [-0.3, -0.25) is 10.1 Å². The first-order chi connectivity index (χ1) is 10.5. The van der Waals surface area contributed by atoms with E-state index in [2.05, 4.69) is 10.2 Å². The fourth-order valence-corrected chi connectivity index (χ4v) is 1.78. The van der Waals surface area contributed by atoms with Crippen molar-refractivity contribution in [1.82, 2.24) is 0 Å². The lowest BCUT2D eigenvalue weighted by Crippen LogP contribution is -2.07. The summed E-state index contributed by atoms with van der Waals surface area (Å²) in [5, 5.41) is 19.0. The van der Waals surface area contributed by atoms with E-state index in [-0.39, 0.29) is 5.69 Å². The highest BCUT2D eigenvalue weighted by Crippen LogP contribution is 2.29. The number of benzene rings is 2. The molecule has 0 fully saturated rings. The van der Waals surface area contributed by atoms with Gasteiger partial charge in [-0.05, 0) is 24.3 Å². The summed E-state index contributed by atoms with van der Waals surface area (Å²) in [6.45, 7) is 0. The van der Waals surface area contributed by atoms with Crippen LogP contribution in [0.15, 0.2) is 52.7 Å². The monoisotopic (exact) mass is 300 g/mol. The number of hydrogen-bond acceptors (Lipinski definition) is 6. The van der Waals surface area contributed by atoms with Crippen LogP contribution in [-0.2, 0) is 0 Å². The highest BCUT2D eigenvalue weighted by molar-refractivity contribution is 5.54. The van der Waals surface area contributed by atoms with Crippen molar-refractivity contribution < 1.29 is 9.66 Å². The van der Waals surface area contributed by atoms with Crippen LogP contribution in [0.4, 0.5) is 22.7 Å². The molecule has 2 aromatic carbocycles. The molecule has 0 N–H and O–H groups in total. The average molecular weight is 300 g/mol. The summed E-state index contributed by atoms with van der Waals surface area (Å²) in [4.78, 5) is 12.4. The number of nitro groups is 1. The number of nitro benzene ring substituents is 1. The second kappa shape index (κ2) is 6.66. The summed E-state index contributed by atoms with van der Waals surface area (Å²) in [5.41, 5.74) is 1.99. The molecule has 0 aliphatic rings. The first kappa shape index (κ1) is 15.4. The van der Waals surface area contributed by atoms with Crippen LogP contribution in [0.1, 0.15) is 0 Å². The Morgan fingerprint density at radius 3 is 2.23 bits per heavy atom. The molecule has 0 atom stereocenters. The predicted octanol–water partition coefficient (Wildman–Crippen LogP) is 4.08. The maximum absolute atomic E-state index is 10.9. The Labute approximate surface area is 128 Å². The van der Waals surface area contributed by atoms with Crippen molar-refractivity contribution in [2.75, 3.05) is 26.1 Å². The van der Waals surface area contributed by atoms with Crippen LogP contribution in [-0.4, -0.2) is 26.1 Å². The van der Waals surface area contributed by atoms with Gasteiger partial charge >= 0.3 is 0 Å². The maximum Gasteiger partial charge on any atom is 0.275 e. The Morgan fingerprint density at radius 1 is 1.05 bits per heavy atom. The van der Waals surface area contributed by atoms with Gasteiger partial charge in [0.2, 0.25) is 0 Å². The van der Waals surface area contributed by atoms with Crippen molar-refractivity contribution in [3.8, 4) is 5.75 Å². The Hall–Kier alpha value is -2.96. The second-order valence-corrected chi connectivity index (χ2v) is 4.76. The molecular formula is C15H16N4O3. The summed E-state index contributed by atoms with van der Waals surface area (Å²) in [5.74, 6) is 0.367. The molecule has 0 unspecified atom stereocenters. The summed E-state index contributed by atoms with van der Waals surface area (Å²) in [7, 11) is 5.34. The molecule has 0 saturated heterocycles. The van der Waals surface area contributed by atoms with Crippen molar-refractivity contribution >= 4 is 22.7 Å². The van der Waals surface area contributed by atoms with Gasteiger partial charge < -0.3 is 9.64 Å². The van der Waals surface area contributed by atoms with Crippen molar-refractivity contribution in [2.45, 2.75) is 0 Å². The summed E-state index contributed by atoms with van der Waals surface area (Å²) in [6, 6.07) is 11.8. The zero-order valence-electron chi connectivity index (χ0n) is 12.6. The molecule has 0 bridgehead atoms. The lowest BCUT2D eigenvalue weighted by atomic mass is 10.2. The molecule has 0 spiro atoms. The highest BCUT2D eigenvalue weighted by Gasteiger charge is 2.10. The van der Waals surface area contributed by atoms with Crippen LogP contribution in [0.5, 0.6) is 5.75 Å². The van der Waals surface area contributed by atoms with Gasteiger partial charge in [0.25, 0.3) is 5.69 Å². The third-order valence-corrected chi connectivity index (χ3v) is 2.97. The molecule has 0 aliphatic carbocycles. The first-order valence-electron chi connectivity index (χ1n) is 6.52. The molecule has 114 valence electrons. The van der Waals surface area contributed by atoms with Gasteiger partial charge in [-0.1, -0.05) is 0 Å². The van der Waals surface area contributed by atoms with Crippen LogP contribution in [0.25, 0.3) is 0 Å². The topological polar surface area (TPSA) is 80.3 Å². The molecule has 0 amide bonds. The number of non-ortho nitro benzene ring substituents is 1. The van der Waals surface area contributed by atoms with Gasteiger partial charge in [0.15, 0.2) is 0 Å². The van der Waals surface area contributed by atoms with Crippen LogP contribution >= 0.6 is 0 Å². The lowest BCUT2D eigenvalue weighted by molar-refractivity contribution is -0.384. The molecule has 7 nitrogen and oxygen atoms in total. The third-order valence-electron chi connectivity index (χ3n) is 2.97. The standard InChI is InChI=1S/C15H16N4O3/c1-18(2)13-6-4-11(5-7-13)16-17-12-8-14(19(20)21)10-15(9-12)22-3/h4-10H,1-3H3. The van der Waals surface area contributed by atoms with Crippen LogP contribution in [0.2, 0.25) is 0 Å². The van der Waals surface area contributed by atoms with E-state index in [9.17, 15) is 10.1 Å². The number of rotatable bonds is 5. The minimum absolute atomic E-state index is 0.0868. The summed E-state index contributed by atoms with van der Waals surface area (Å²) >= 11 is 0. The van der Waals surface area contributed by atoms with Gasteiger partial charge in [-0.15, -0.1) is 0 Å². The Balaban J connectivity index is 2.25. The molecule has 0 heterocycles. The van der Waals surface area contributed by atoms with E-state index in [1.165, 1.54) is 19.2 Å². The van der Waals surface area contributed by atoms with Crippen LogP contribution in [0.3, 0.4) is 0 Å². The van der Waals surface area contributed by atoms with E-state index in [0.717, 1.165) is 5.69 Å². The zero-order chi connectivity index (χ0) is 16.1. The molecule has 7 heteroatoms. The Morgan fingerprint density at radius 2 is 1.68 bits per heavy atom. The Bertz CT molecular complexity index is 696. The van der Waals surface area contributed by atoms with Gasteiger partial charge in [-0.2, -0.15) is 10.2 Å². The second-order valence-electron chi connectivity index (χ2n) is 4.76. The number of ether oxygens (including phenoxy) is 1. The highest BCUT2D eigenvalue weighted by atomic mass is 16.6. The average Bonchev–Trinajstić information content (AvgIpc) is 2.52. The first-order valence-corrected chi connectivity index (χ1v) is 6.52. The van der Waals surface area contributed by atoms with Gasteiger partial charge in [-0.25, -0.2) is 0 Å². The molecule has 2 aromatic rings. The van der Waals surface area contributed by atoms with Crippen molar-refractivity contribution in [2.24, 2.45) is 10.2 Å². The van der Waals surface area contributed by atoms with E-state index < -0.39 is 4.92 Å². The van der Waals surface area contributed by atoms with Crippen molar-refractivity contribution in [3.05, 3.63) is 52.6 Å². The summed E-state index contributed by atoms with van der Waals surface area (Å²) < 4.78 is 5.03. The molecule has 0 aromatic heterocycles. The number of methoxy groups -OCH3 is 1. The van der Waals surface area contributed by atoms with E-state index in [1.54, 1.807) is 6.07 Å². The fourth-order valence-electron chi connectivity index (χ4n) is 1.78. The third kappa shape index (κ3) is 3.78. The largest absolute Gasteiger partial charge is 0.496 e. The van der Waals surface area contributed by atoms with Crippen LogP contribution in [0, 0.1) is 10.1 Å². The Kier molecular flexibility index (Phi) is 4.67. The lowest BCUT2D eigenvalue weighted by Gasteiger charge is -2.11. The van der Waals surface area contributed by atoms with Gasteiger partial charge in [0, 0.05) is 31.9 Å². The smallest absolute Gasteiger partial charge is 0.275 e. The van der Waals surface area contributed by atoms with Gasteiger partial charge in [0.1, 0.15) is 5.75 Å². The molecule has 2 rings (SSSR count). The number of anilines is 1. The van der Waals surface area contributed by atoms with E-state index in [4.69, 9.17) is 4.74 Å².